The molecular weight excluding hydrogens is 344 g/mol. The van der Waals surface area contributed by atoms with Crippen LogP contribution in [0.25, 0.3) is 0 Å². The highest BCUT2D eigenvalue weighted by molar-refractivity contribution is 7.89. The van der Waals surface area contributed by atoms with Gasteiger partial charge in [-0.3, -0.25) is 9.59 Å². The third kappa shape index (κ3) is 4.79. The number of carboxylic acid groups (broad SMARTS) is 1. The summed E-state index contributed by atoms with van der Waals surface area (Å²) in [6.45, 7) is 2.64. The van der Waals surface area contributed by atoms with E-state index in [0.717, 1.165) is 5.56 Å². The number of sulfonamides is 1. The molecule has 1 aliphatic heterocycles. The van der Waals surface area contributed by atoms with Gasteiger partial charge in [-0.1, -0.05) is 17.7 Å². The maximum Gasteiger partial charge on any atom is 0.305 e. The van der Waals surface area contributed by atoms with E-state index in [2.05, 4.69) is 0 Å². The Morgan fingerprint density at radius 3 is 2.28 bits per heavy atom. The molecule has 1 amide bonds. The van der Waals surface area contributed by atoms with Crippen LogP contribution in [-0.2, 0) is 19.6 Å². The Morgan fingerprint density at radius 1 is 1.20 bits per heavy atom. The van der Waals surface area contributed by atoms with Crippen molar-refractivity contribution in [1.29, 1.82) is 0 Å². The van der Waals surface area contributed by atoms with Crippen LogP contribution in [0.5, 0.6) is 0 Å². The van der Waals surface area contributed by atoms with Crippen molar-refractivity contribution in [3.63, 3.8) is 0 Å². The summed E-state index contributed by atoms with van der Waals surface area (Å²) >= 11 is 0. The van der Waals surface area contributed by atoms with Crippen LogP contribution in [0.1, 0.15) is 24.8 Å². The second-order valence-electron chi connectivity index (χ2n) is 6.39. The van der Waals surface area contributed by atoms with Crippen molar-refractivity contribution in [3.05, 3.63) is 29.8 Å². The quantitative estimate of drug-likeness (QED) is 0.817. The SMILES string of the molecule is Cc1ccc(S(=O)(=O)N2CCC(C(=O)N(C)CCC(=O)O)CC2)cc1. The van der Waals surface area contributed by atoms with E-state index < -0.39 is 16.0 Å². The summed E-state index contributed by atoms with van der Waals surface area (Å²) in [5, 5.41) is 8.69. The minimum atomic E-state index is -3.54. The van der Waals surface area contributed by atoms with Crippen LogP contribution in [0.15, 0.2) is 29.2 Å². The average Bonchev–Trinajstić information content (AvgIpc) is 2.59. The first-order valence-corrected chi connectivity index (χ1v) is 9.69. The number of carbonyl (C=O) groups is 2. The first-order chi connectivity index (χ1) is 11.7. The van der Waals surface area contributed by atoms with Crippen LogP contribution >= 0.6 is 0 Å². The number of benzene rings is 1. The Bertz CT molecular complexity index is 722. The summed E-state index contributed by atoms with van der Waals surface area (Å²) in [6.07, 6.45) is 0.797. The molecule has 1 fully saturated rings. The van der Waals surface area contributed by atoms with Crippen molar-refractivity contribution in [3.8, 4) is 0 Å². The van der Waals surface area contributed by atoms with Gasteiger partial charge < -0.3 is 10.0 Å². The Labute approximate surface area is 148 Å². The van der Waals surface area contributed by atoms with Crippen LogP contribution in [0.3, 0.4) is 0 Å². The zero-order valence-electron chi connectivity index (χ0n) is 14.5. The van der Waals surface area contributed by atoms with Gasteiger partial charge in [0.15, 0.2) is 0 Å². The molecular formula is C17H24N2O5S. The summed E-state index contributed by atoms with van der Waals surface area (Å²) in [4.78, 5) is 24.6. The third-order valence-corrected chi connectivity index (χ3v) is 6.41. The molecule has 0 spiro atoms. The van der Waals surface area contributed by atoms with Crippen molar-refractivity contribution >= 4 is 21.9 Å². The second-order valence-corrected chi connectivity index (χ2v) is 8.33. The number of nitrogens with zero attached hydrogens (tertiary/aromatic N) is 2. The molecule has 0 atom stereocenters. The molecule has 0 saturated carbocycles. The molecule has 7 nitrogen and oxygen atoms in total. The highest BCUT2D eigenvalue weighted by Crippen LogP contribution is 2.25. The van der Waals surface area contributed by atoms with E-state index in [1.165, 1.54) is 9.21 Å². The van der Waals surface area contributed by atoms with E-state index in [1.54, 1.807) is 31.3 Å². The van der Waals surface area contributed by atoms with Gasteiger partial charge in [0.25, 0.3) is 0 Å². The molecule has 0 aromatic heterocycles. The van der Waals surface area contributed by atoms with Gasteiger partial charge in [0.1, 0.15) is 0 Å². The van der Waals surface area contributed by atoms with Gasteiger partial charge in [0.05, 0.1) is 11.3 Å². The zero-order chi connectivity index (χ0) is 18.6. The van der Waals surface area contributed by atoms with Gasteiger partial charge in [0, 0.05) is 32.6 Å². The first kappa shape index (κ1) is 19.4. The maximum atomic E-state index is 12.7. The van der Waals surface area contributed by atoms with Crippen LogP contribution in [0.4, 0.5) is 0 Å². The lowest BCUT2D eigenvalue weighted by molar-refractivity contribution is -0.139. The fraction of sp³-hybridized carbons (Fsp3) is 0.529. The van der Waals surface area contributed by atoms with E-state index in [0.29, 0.717) is 25.9 Å². The molecule has 0 unspecified atom stereocenters. The molecule has 1 aromatic carbocycles. The Balaban J connectivity index is 1.95. The van der Waals surface area contributed by atoms with E-state index in [1.807, 2.05) is 6.92 Å². The summed E-state index contributed by atoms with van der Waals surface area (Å²) in [6, 6.07) is 6.73. The molecule has 1 heterocycles. The molecule has 1 aliphatic rings. The molecule has 1 saturated heterocycles. The number of hydrogen-bond donors (Lipinski definition) is 1. The summed E-state index contributed by atoms with van der Waals surface area (Å²) in [5.74, 6) is -1.32. The lowest BCUT2D eigenvalue weighted by Crippen LogP contribution is -2.43. The number of amides is 1. The molecule has 1 N–H and O–H groups in total. The van der Waals surface area contributed by atoms with Gasteiger partial charge in [-0.15, -0.1) is 0 Å². The van der Waals surface area contributed by atoms with Gasteiger partial charge in [0.2, 0.25) is 15.9 Å². The number of rotatable bonds is 6. The van der Waals surface area contributed by atoms with E-state index in [9.17, 15) is 18.0 Å². The summed E-state index contributed by atoms with van der Waals surface area (Å²) in [5.41, 5.74) is 0.993. The highest BCUT2D eigenvalue weighted by Gasteiger charge is 2.33. The molecule has 0 radical (unpaired) electrons. The summed E-state index contributed by atoms with van der Waals surface area (Å²) in [7, 11) is -1.95. The number of piperidine rings is 1. The van der Waals surface area contributed by atoms with Gasteiger partial charge >= 0.3 is 5.97 Å². The predicted molar refractivity (Wildman–Crippen MR) is 92.6 cm³/mol. The van der Waals surface area contributed by atoms with E-state index in [-0.39, 0.29) is 29.7 Å². The normalized spacial score (nSPS) is 16.6. The second kappa shape index (κ2) is 7.97. The van der Waals surface area contributed by atoms with Crippen molar-refractivity contribution in [2.45, 2.75) is 31.1 Å². The highest BCUT2D eigenvalue weighted by atomic mass is 32.2. The lowest BCUT2D eigenvalue weighted by Gasteiger charge is -2.32. The van der Waals surface area contributed by atoms with Crippen molar-refractivity contribution in [2.75, 3.05) is 26.7 Å². The molecule has 25 heavy (non-hydrogen) atoms. The Hall–Kier alpha value is -1.93. The fourth-order valence-electron chi connectivity index (χ4n) is 2.89. The molecule has 0 bridgehead atoms. The minimum absolute atomic E-state index is 0.0944. The largest absolute Gasteiger partial charge is 0.481 e. The minimum Gasteiger partial charge on any atom is -0.481 e. The first-order valence-electron chi connectivity index (χ1n) is 8.25. The maximum absolute atomic E-state index is 12.7. The number of hydrogen-bond acceptors (Lipinski definition) is 4. The predicted octanol–water partition coefficient (Wildman–Crippen LogP) is 1.33. The molecule has 1 aromatic rings. The molecule has 138 valence electrons. The monoisotopic (exact) mass is 368 g/mol. The van der Waals surface area contributed by atoms with Crippen LogP contribution in [-0.4, -0.2) is 61.3 Å². The third-order valence-electron chi connectivity index (χ3n) is 4.50. The van der Waals surface area contributed by atoms with Crippen molar-refractivity contribution in [2.24, 2.45) is 5.92 Å². The molecule has 8 heteroatoms. The molecule has 0 aliphatic carbocycles. The average molecular weight is 368 g/mol. The summed E-state index contributed by atoms with van der Waals surface area (Å²) < 4.78 is 26.7. The number of carboxylic acids is 1. The van der Waals surface area contributed by atoms with Crippen molar-refractivity contribution < 1.29 is 23.1 Å². The molecule has 2 rings (SSSR count). The van der Waals surface area contributed by atoms with Gasteiger partial charge in [-0.25, -0.2) is 8.42 Å². The Morgan fingerprint density at radius 2 is 1.76 bits per heavy atom. The van der Waals surface area contributed by atoms with Crippen LogP contribution < -0.4 is 0 Å². The van der Waals surface area contributed by atoms with Gasteiger partial charge in [-0.2, -0.15) is 4.31 Å². The van der Waals surface area contributed by atoms with E-state index in [4.69, 9.17) is 5.11 Å². The van der Waals surface area contributed by atoms with Crippen LogP contribution in [0, 0.1) is 12.8 Å². The smallest absolute Gasteiger partial charge is 0.305 e. The number of aryl methyl sites for hydroxylation is 1. The number of carbonyl (C=O) groups excluding carboxylic acids is 1. The Kier molecular flexibility index (Phi) is 6.18. The topological polar surface area (TPSA) is 95.0 Å². The standard InChI is InChI=1S/C17H24N2O5S/c1-13-3-5-15(6-4-13)25(23,24)19-11-7-14(8-12-19)17(22)18(2)10-9-16(20)21/h3-6,14H,7-12H2,1-2H3,(H,20,21). The van der Waals surface area contributed by atoms with Crippen molar-refractivity contribution in [1.82, 2.24) is 9.21 Å². The van der Waals surface area contributed by atoms with Gasteiger partial charge in [-0.05, 0) is 31.9 Å². The number of aliphatic carboxylic acids is 1. The zero-order valence-corrected chi connectivity index (χ0v) is 15.3. The fourth-order valence-corrected chi connectivity index (χ4v) is 4.36. The van der Waals surface area contributed by atoms with E-state index >= 15 is 0 Å². The lowest BCUT2D eigenvalue weighted by atomic mass is 9.96. The van der Waals surface area contributed by atoms with Crippen LogP contribution in [0.2, 0.25) is 0 Å².